The predicted octanol–water partition coefficient (Wildman–Crippen LogP) is 1.61. The van der Waals surface area contributed by atoms with E-state index in [1.54, 1.807) is 6.20 Å². The summed E-state index contributed by atoms with van der Waals surface area (Å²) >= 11 is 3.32. The summed E-state index contributed by atoms with van der Waals surface area (Å²) in [5, 5.41) is 3.30. The monoisotopic (exact) mass is 328 g/mol. The fourth-order valence-electron chi connectivity index (χ4n) is 2.25. The largest absolute Gasteiger partial charge is 0.467 e. The molecule has 2 heterocycles. The van der Waals surface area contributed by atoms with Crippen molar-refractivity contribution in [3.8, 4) is 0 Å². The number of nitrogens with one attached hydrogen (secondary N) is 1. The summed E-state index contributed by atoms with van der Waals surface area (Å²) in [6.07, 6.45) is 3.42. The van der Waals surface area contributed by atoms with Crippen molar-refractivity contribution in [3.63, 3.8) is 0 Å². The molecule has 0 aromatic carbocycles. The highest BCUT2D eigenvalue weighted by Gasteiger charge is 2.36. The molecule has 19 heavy (non-hydrogen) atoms. The van der Waals surface area contributed by atoms with E-state index in [-0.39, 0.29) is 12.6 Å². The summed E-state index contributed by atoms with van der Waals surface area (Å²) in [7, 11) is 1.36. The van der Waals surface area contributed by atoms with Crippen LogP contribution < -0.4 is 5.32 Å². The van der Waals surface area contributed by atoms with Gasteiger partial charge in [-0.05, 0) is 47.9 Å². The van der Waals surface area contributed by atoms with Crippen molar-refractivity contribution >= 4 is 21.9 Å². The fourth-order valence-corrected chi connectivity index (χ4v) is 2.48. The van der Waals surface area contributed by atoms with Crippen molar-refractivity contribution in [3.05, 3.63) is 28.5 Å². The van der Waals surface area contributed by atoms with Crippen LogP contribution in [0.25, 0.3) is 0 Å². The molecule has 1 N–H and O–H groups in total. The van der Waals surface area contributed by atoms with Crippen molar-refractivity contribution < 1.29 is 14.3 Å². The topological polar surface area (TPSA) is 60.5 Å². The molecule has 0 atom stereocenters. The Kier molecular flexibility index (Phi) is 4.90. The number of pyridine rings is 1. The highest BCUT2D eigenvalue weighted by Crippen LogP contribution is 2.34. The zero-order valence-electron chi connectivity index (χ0n) is 10.8. The lowest BCUT2D eigenvalue weighted by Crippen LogP contribution is -2.43. The molecule has 0 radical (unpaired) electrons. The molecular formula is C13H17BrN2O3. The molecule has 0 spiro atoms. The number of methoxy groups -OCH3 is 1. The third-order valence-electron chi connectivity index (χ3n) is 3.36. The number of hydrogen-bond acceptors (Lipinski definition) is 5. The van der Waals surface area contributed by atoms with Gasteiger partial charge in [-0.1, -0.05) is 6.07 Å². The summed E-state index contributed by atoms with van der Waals surface area (Å²) < 4.78 is 11.3. The van der Waals surface area contributed by atoms with Gasteiger partial charge in [-0.3, -0.25) is 0 Å². The van der Waals surface area contributed by atoms with Crippen molar-refractivity contribution in [1.82, 2.24) is 10.3 Å². The highest BCUT2D eigenvalue weighted by molar-refractivity contribution is 9.10. The molecule has 2 rings (SSSR count). The summed E-state index contributed by atoms with van der Waals surface area (Å²) in [4.78, 5) is 15.5. The van der Waals surface area contributed by atoms with E-state index in [0.717, 1.165) is 36.1 Å². The number of nitrogens with zero attached hydrogens (tertiary/aromatic N) is 1. The lowest BCUT2D eigenvalue weighted by molar-refractivity contribution is -0.156. The Bertz CT molecular complexity index is 430. The number of carbonyl (C=O) groups excluding carboxylic acids is 1. The molecule has 1 aliphatic rings. The number of hydrogen-bond donors (Lipinski definition) is 1. The van der Waals surface area contributed by atoms with Gasteiger partial charge in [0.25, 0.3) is 0 Å². The number of aromatic nitrogens is 1. The van der Waals surface area contributed by atoms with Gasteiger partial charge in [-0.2, -0.15) is 0 Å². The van der Waals surface area contributed by atoms with Crippen LogP contribution in [0, 0.1) is 0 Å². The first-order valence-electron chi connectivity index (χ1n) is 6.20. The van der Waals surface area contributed by atoms with E-state index in [9.17, 15) is 4.79 Å². The summed E-state index contributed by atoms with van der Waals surface area (Å²) in [6, 6.07) is 3.88. The second kappa shape index (κ2) is 6.45. The SMILES string of the molecule is COC(=O)COC1(c2ccc(Br)nc2)CCNCC1. The van der Waals surface area contributed by atoms with Crippen LogP contribution in [-0.4, -0.2) is 37.8 Å². The van der Waals surface area contributed by atoms with E-state index >= 15 is 0 Å². The summed E-state index contributed by atoms with van der Waals surface area (Å²) in [5.41, 5.74) is 0.550. The van der Waals surface area contributed by atoms with Crippen LogP contribution in [0.1, 0.15) is 18.4 Å². The molecule has 6 heteroatoms. The summed E-state index contributed by atoms with van der Waals surface area (Å²) in [6.45, 7) is 1.68. The van der Waals surface area contributed by atoms with Gasteiger partial charge < -0.3 is 14.8 Å². The summed E-state index contributed by atoms with van der Waals surface area (Å²) in [5.74, 6) is -0.358. The van der Waals surface area contributed by atoms with E-state index in [2.05, 4.69) is 31.0 Å². The molecule has 1 aliphatic heterocycles. The average Bonchev–Trinajstić information content (AvgIpc) is 2.46. The molecule has 0 amide bonds. The Morgan fingerprint density at radius 2 is 2.21 bits per heavy atom. The number of esters is 1. The first kappa shape index (κ1) is 14.4. The van der Waals surface area contributed by atoms with Crippen molar-refractivity contribution in [2.45, 2.75) is 18.4 Å². The van der Waals surface area contributed by atoms with Crippen LogP contribution in [0.2, 0.25) is 0 Å². The molecule has 1 aromatic heterocycles. The van der Waals surface area contributed by atoms with Gasteiger partial charge in [-0.15, -0.1) is 0 Å². The smallest absolute Gasteiger partial charge is 0.331 e. The minimum absolute atomic E-state index is 0.0352. The van der Waals surface area contributed by atoms with Crippen LogP contribution in [-0.2, 0) is 19.9 Å². The lowest BCUT2D eigenvalue weighted by atomic mass is 9.85. The maximum atomic E-state index is 11.3. The third-order valence-corrected chi connectivity index (χ3v) is 3.83. The number of piperidine rings is 1. The zero-order chi connectivity index (χ0) is 13.7. The van der Waals surface area contributed by atoms with Crippen LogP contribution in [0.5, 0.6) is 0 Å². The second-order valence-electron chi connectivity index (χ2n) is 4.48. The molecule has 1 aromatic rings. The first-order valence-corrected chi connectivity index (χ1v) is 6.99. The van der Waals surface area contributed by atoms with E-state index in [1.165, 1.54) is 7.11 Å². The van der Waals surface area contributed by atoms with Crippen molar-refractivity contribution in [2.75, 3.05) is 26.8 Å². The van der Waals surface area contributed by atoms with Gasteiger partial charge >= 0.3 is 5.97 Å². The molecule has 0 saturated carbocycles. The van der Waals surface area contributed by atoms with Crippen LogP contribution in [0.15, 0.2) is 22.9 Å². The molecule has 0 bridgehead atoms. The van der Waals surface area contributed by atoms with Gasteiger partial charge in [0.2, 0.25) is 0 Å². The highest BCUT2D eigenvalue weighted by atomic mass is 79.9. The van der Waals surface area contributed by atoms with E-state index < -0.39 is 5.60 Å². The molecule has 0 aliphatic carbocycles. The van der Waals surface area contributed by atoms with Crippen LogP contribution in [0.4, 0.5) is 0 Å². The van der Waals surface area contributed by atoms with Crippen molar-refractivity contribution in [1.29, 1.82) is 0 Å². The van der Waals surface area contributed by atoms with Gasteiger partial charge in [0, 0.05) is 11.8 Å². The normalized spacial score (nSPS) is 18.0. The quantitative estimate of drug-likeness (QED) is 0.672. The second-order valence-corrected chi connectivity index (χ2v) is 5.29. The lowest BCUT2D eigenvalue weighted by Gasteiger charge is -2.37. The Morgan fingerprint density at radius 3 is 2.79 bits per heavy atom. The maximum absolute atomic E-state index is 11.3. The Morgan fingerprint density at radius 1 is 1.47 bits per heavy atom. The van der Waals surface area contributed by atoms with Gasteiger partial charge in [0.05, 0.1) is 12.7 Å². The molecule has 0 unspecified atom stereocenters. The van der Waals surface area contributed by atoms with E-state index in [1.807, 2.05) is 12.1 Å². The molecular weight excluding hydrogens is 312 g/mol. The molecule has 104 valence electrons. The minimum atomic E-state index is -0.451. The standard InChI is InChI=1S/C13H17BrN2O3/c1-18-12(17)9-19-13(4-6-15-7-5-13)10-2-3-11(14)16-8-10/h2-3,8,15H,4-7,9H2,1H3. The predicted molar refractivity (Wildman–Crippen MR) is 73.7 cm³/mol. The fraction of sp³-hybridized carbons (Fsp3) is 0.538. The van der Waals surface area contributed by atoms with Crippen LogP contribution in [0.3, 0.4) is 0 Å². The average molecular weight is 329 g/mol. The van der Waals surface area contributed by atoms with E-state index in [4.69, 9.17) is 4.74 Å². The van der Waals surface area contributed by atoms with E-state index in [0.29, 0.717) is 0 Å². The Labute approximate surface area is 120 Å². The van der Waals surface area contributed by atoms with Crippen LogP contribution >= 0.6 is 15.9 Å². The number of carbonyl (C=O) groups is 1. The van der Waals surface area contributed by atoms with Gasteiger partial charge in [0.1, 0.15) is 11.2 Å². The number of rotatable bonds is 4. The Hall–Kier alpha value is -0.980. The number of ether oxygens (including phenoxy) is 2. The molecule has 1 saturated heterocycles. The maximum Gasteiger partial charge on any atom is 0.331 e. The number of halogens is 1. The Balaban J connectivity index is 2.18. The van der Waals surface area contributed by atoms with Gasteiger partial charge in [-0.25, -0.2) is 9.78 Å². The zero-order valence-corrected chi connectivity index (χ0v) is 12.4. The first-order chi connectivity index (χ1) is 9.16. The molecule has 1 fully saturated rings. The van der Waals surface area contributed by atoms with Crippen molar-refractivity contribution in [2.24, 2.45) is 0 Å². The van der Waals surface area contributed by atoms with Gasteiger partial charge in [0.15, 0.2) is 0 Å². The third kappa shape index (κ3) is 3.52. The minimum Gasteiger partial charge on any atom is -0.467 e. The molecule has 5 nitrogen and oxygen atoms in total.